The van der Waals surface area contributed by atoms with Crippen molar-refractivity contribution in [2.75, 3.05) is 13.2 Å². The number of hydrogen-bond donors (Lipinski definition) is 0. The number of hydrogen-bond acceptors (Lipinski definition) is 6. The van der Waals surface area contributed by atoms with Crippen molar-refractivity contribution in [2.45, 2.75) is 367 Å². The average Bonchev–Trinajstić information content (AvgIpc) is 3.47. The van der Waals surface area contributed by atoms with Gasteiger partial charge in [0.2, 0.25) is 0 Å². The molecule has 1 atom stereocenters. The van der Waals surface area contributed by atoms with Crippen molar-refractivity contribution in [3.63, 3.8) is 0 Å². The number of rotatable bonds is 65. The van der Waals surface area contributed by atoms with E-state index in [9.17, 15) is 14.4 Å². The van der Waals surface area contributed by atoms with E-state index in [0.29, 0.717) is 19.3 Å². The van der Waals surface area contributed by atoms with Gasteiger partial charge in [-0.1, -0.05) is 305 Å². The Balaban J connectivity index is 4.38. The molecule has 0 aromatic carbocycles. The molecule has 0 heterocycles. The summed E-state index contributed by atoms with van der Waals surface area (Å²) >= 11 is 0. The maximum Gasteiger partial charge on any atom is 0.306 e. The van der Waals surface area contributed by atoms with Crippen LogP contribution in [0.25, 0.3) is 0 Å². The van der Waals surface area contributed by atoms with Gasteiger partial charge in [0.15, 0.2) is 6.10 Å². The minimum absolute atomic E-state index is 0.0814. The Kier molecular flexibility index (Phi) is 67.2. The standard InChI is InChI=1S/C76H134O6/c1-4-7-10-13-16-19-22-25-28-31-34-36-37-38-39-41-42-45-48-51-54-57-60-63-66-69-75(78)81-72-73(71-80-74(77)68-65-62-59-56-53-50-47-44-33-30-27-24-21-18-15-12-9-6-3)82-76(79)70-67-64-61-58-55-52-49-46-43-40-35-32-29-26-23-20-17-14-11-8-5-2/h21-26,30-35,37-38,73H,4-20,27-29,36,39-72H2,1-3H3/b24-21-,25-22-,26-23-,33-30-,34-31-,35-32-,38-37-. The second-order valence-corrected chi connectivity index (χ2v) is 23.8. The van der Waals surface area contributed by atoms with E-state index in [4.69, 9.17) is 14.2 Å². The van der Waals surface area contributed by atoms with Gasteiger partial charge in [-0.05, 0) is 122 Å². The lowest BCUT2D eigenvalue weighted by Gasteiger charge is -2.18. The molecule has 0 aliphatic carbocycles. The maximum atomic E-state index is 13.0. The molecule has 6 nitrogen and oxygen atoms in total. The fourth-order valence-corrected chi connectivity index (χ4v) is 10.2. The van der Waals surface area contributed by atoms with Gasteiger partial charge in [0, 0.05) is 19.3 Å². The van der Waals surface area contributed by atoms with E-state index in [1.54, 1.807) is 0 Å². The number of carbonyl (C=O) groups is 3. The van der Waals surface area contributed by atoms with Gasteiger partial charge in [0.1, 0.15) is 13.2 Å². The zero-order valence-corrected chi connectivity index (χ0v) is 54.5. The number of esters is 3. The zero-order chi connectivity index (χ0) is 59.2. The first kappa shape index (κ1) is 78.6. The molecule has 82 heavy (non-hydrogen) atoms. The Labute approximate surface area is 509 Å². The van der Waals surface area contributed by atoms with Crippen LogP contribution in [-0.2, 0) is 28.6 Å². The zero-order valence-electron chi connectivity index (χ0n) is 54.5. The number of carbonyl (C=O) groups excluding carboxylic acids is 3. The lowest BCUT2D eigenvalue weighted by molar-refractivity contribution is -0.167. The van der Waals surface area contributed by atoms with Crippen molar-refractivity contribution >= 4 is 17.9 Å². The first-order valence-electron chi connectivity index (χ1n) is 35.6. The SMILES string of the molecule is CCCCCC/C=C\C/C=C\CCCCCCCCCC(=O)OCC(COC(=O)CCCCCCCCCCCC/C=C\C/C=C\C/C=C\CCCCCCC)OC(=O)CCCCCCCCCCC/C=C\C/C=C\CCCCCCC. The molecule has 0 N–H and O–H groups in total. The quantitative estimate of drug-likeness (QED) is 0.0261. The van der Waals surface area contributed by atoms with E-state index in [1.165, 1.54) is 231 Å². The highest BCUT2D eigenvalue weighted by atomic mass is 16.6. The summed E-state index contributed by atoms with van der Waals surface area (Å²) in [7, 11) is 0. The molecule has 1 unspecified atom stereocenters. The van der Waals surface area contributed by atoms with Gasteiger partial charge >= 0.3 is 17.9 Å². The summed E-state index contributed by atoms with van der Waals surface area (Å²) in [6, 6.07) is 0. The molecule has 0 fully saturated rings. The summed E-state index contributed by atoms with van der Waals surface area (Å²) in [6.07, 6.45) is 93.1. The highest BCUT2D eigenvalue weighted by Crippen LogP contribution is 2.17. The third-order valence-electron chi connectivity index (χ3n) is 15.6. The minimum atomic E-state index is -0.787. The van der Waals surface area contributed by atoms with Gasteiger partial charge in [0.05, 0.1) is 0 Å². The van der Waals surface area contributed by atoms with Crippen LogP contribution >= 0.6 is 0 Å². The van der Waals surface area contributed by atoms with E-state index in [-0.39, 0.29) is 31.1 Å². The van der Waals surface area contributed by atoms with Crippen molar-refractivity contribution in [1.29, 1.82) is 0 Å². The minimum Gasteiger partial charge on any atom is -0.462 e. The second kappa shape index (κ2) is 70.1. The van der Waals surface area contributed by atoms with Crippen molar-refractivity contribution in [3.05, 3.63) is 85.1 Å². The number of unbranched alkanes of at least 4 members (excludes halogenated alkanes) is 40. The molecule has 0 saturated carbocycles. The van der Waals surface area contributed by atoms with Crippen molar-refractivity contribution < 1.29 is 28.6 Å². The van der Waals surface area contributed by atoms with E-state index in [0.717, 1.165) is 89.9 Å². The lowest BCUT2D eigenvalue weighted by Crippen LogP contribution is -2.30. The summed E-state index contributed by atoms with van der Waals surface area (Å²) in [5.74, 6) is -0.879. The predicted octanol–water partition coefficient (Wildman–Crippen LogP) is 24.6. The fraction of sp³-hybridized carbons (Fsp3) is 0.776. The molecule has 0 spiro atoms. The molecule has 0 rings (SSSR count). The van der Waals surface area contributed by atoms with Crippen molar-refractivity contribution in [2.24, 2.45) is 0 Å². The Bertz CT molecular complexity index is 1550. The van der Waals surface area contributed by atoms with Gasteiger partial charge in [-0.15, -0.1) is 0 Å². The Hall–Kier alpha value is -3.41. The largest absolute Gasteiger partial charge is 0.462 e. The lowest BCUT2D eigenvalue weighted by atomic mass is 10.0. The summed E-state index contributed by atoms with van der Waals surface area (Å²) in [6.45, 7) is 6.64. The third-order valence-corrected chi connectivity index (χ3v) is 15.6. The molecule has 0 aliphatic heterocycles. The van der Waals surface area contributed by atoms with E-state index >= 15 is 0 Å². The van der Waals surface area contributed by atoms with Gasteiger partial charge < -0.3 is 14.2 Å². The smallest absolute Gasteiger partial charge is 0.306 e. The molecule has 0 aromatic heterocycles. The molecule has 474 valence electrons. The normalized spacial score (nSPS) is 12.6. The van der Waals surface area contributed by atoms with Crippen LogP contribution in [0.15, 0.2) is 85.1 Å². The molecule has 0 amide bonds. The van der Waals surface area contributed by atoms with Crippen LogP contribution in [0.3, 0.4) is 0 Å². The second-order valence-electron chi connectivity index (χ2n) is 23.8. The van der Waals surface area contributed by atoms with Crippen molar-refractivity contribution in [1.82, 2.24) is 0 Å². The molecule has 0 aromatic rings. The fourth-order valence-electron chi connectivity index (χ4n) is 10.2. The van der Waals surface area contributed by atoms with Crippen LogP contribution < -0.4 is 0 Å². The van der Waals surface area contributed by atoms with Gasteiger partial charge in [-0.25, -0.2) is 0 Å². The van der Waals surface area contributed by atoms with E-state index in [2.05, 4.69) is 106 Å². The van der Waals surface area contributed by atoms with Crippen LogP contribution in [0.2, 0.25) is 0 Å². The van der Waals surface area contributed by atoms with Crippen LogP contribution in [0.5, 0.6) is 0 Å². The maximum absolute atomic E-state index is 13.0. The van der Waals surface area contributed by atoms with Gasteiger partial charge in [-0.2, -0.15) is 0 Å². The monoisotopic (exact) mass is 1140 g/mol. The highest BCUT2D eigenvalue weighted by Gasteiger charge is 2.19. The Morgan fingerprint density at radius 3 is 0.695 bits per heavy atom. The molecular weight excluding hydrogens is 1010 g/mol. The number of ether oxygens (including phenoxy) is 3. The topological polar surface area (TPSA) is 78.9 Å². The first-order valence-corrected chi connectivity index (χ1v) is 35.6. The molecule has 0 radical (unpaired) electrons. The van der Waals surface area contributed by atoms with Crippen molar-refractivity contribution in [3.8, 4) is 0 Å². The van der Waals surface area contributed by atoms with Crippen LogP contribution in [0.1, 0.15) is 361 Å². The van der Waals surface area contributed by atoms with Crippen LogP contribution in [0.4, 0.5) is 0 Å². The summed E-state index contributed by atoms with van der Waals surface area (Å²) in [5.41, 5.74) is 0. The number of allylic oxidation sites excluding steroid dienone is 14. The highest BCUT2D eigenvalue weighted by molar-refractivity contribution is 5.71. The van der Waals surface area contributed by atoms with Crippen LogP contribution in [-0.4, -0.2) is 37.2 Å². The van der Waals surface area contributed by atoms with E-state index in [1.807, 2.05) is 0 Å². The van der Waals surface area contributed by atoms with Crippen LogP contribution in [0, 0.1) is 0 Å². The Morgan fingerprint density at radius 2 is 0.439 bits per heavy atom. The third kappa shape index (κ3) is 67.4. The summed E-state index contributed by atoms with van der Waals surface area (Å²) < 4.78 is 17.0. The predicted molar refractivity (Wildman–Crippen MR) is 358 cm³/mol. The molecular formula is C76H134O6. The van der Waals surface area contributed by atoms with Gasteiger partial charge in [0.25, 0.3) is 0 Å². The van der Waals surface area contributed by atoms with Gasteiger partial charge in [-0.3, -0.25) is 14.4 Å². The Morgan fingerprint density at radius 1 is 0.244 bits per heavy atom. The molecule has 0 saturated heterocycles. The molecule has 0 aliphatic rings. The molecule has 6 heteroatoms. The molecule has 0 bridgehead atoms. The van der Waals surface area contributed by atoms with E-state index < -0.39 is 6.10 Å². The first-order chi connectivity index (χ1) is 40.5. The summed E-state index contributed by atoms with van der Waals surface area (Å²) in [4.78, 5) is 38.5. The summed E-state index contributed by atoms with van der Waals surface area (Å²) in [5, 5.41) is 0. The average molecular weight is 1140 g/mol.